The van der Waals surface area contributed by atoms with Crippen LogP contribution in [0, 0.1) is 6.92 Å². The van der Waals surface area contributed by atoms with E-state index in [1.54, 1.807) is 22.6 Å². The van der Waals surface area contributed by atoms with Gasteiger partial charge in [-0.05, 0) is 26.2 Å². The lowest BCUT2D eigenvalue weighted by Crippen LogP contribution is -2.57. The van der Waals surface area contributed by atoms with Crippen molar-refractivity contribution in [3.63, 3.8) is 0 Å². The Hall–Kier alpha value is -1.82. The maximum Gasteiger partial charge on any atom is 0.276 e. The van der Waals surface area contributed by atoms with E-state index in [1.165, 1.54) is 0 Å². The molecule has 2 aliphatic heterocycles. The van der Waals surface area contributed by atoms with Gasteiger partial charge < -0.3 is 19.3 Å². The summed E-state index contributed by atoms with van der Waals surface area (Å²) in [6, 6.07) is 0.177. The van der Waals surface area contributed by atoms with Crippen molar-refractivity contribution >= 4 is 5.91 Å². The Balaban J connectivity index is 1.87. The predicted octanol–water partition coefficient (Wildman–Crippen LogP) is 0.596. The molecule has 6 nitrogen and oxygen atoms in total. The average Bonchev–Trinajstić information content (AvgIpc) is 2.77. The first-order valence-electron chi connectivity index (χ1n) is 6.97. The predicted molar refractivity (Wildman–Crippen MR) is 69.6 cm³/mol. The van der Waals surface area contributed by atoms with Gasteiger partial charge in [0, 0.05) is 17.8 Å². The molecule has 0 spiro atoms. The molecule has 1 aromatic heterocycles. The van der Waals surface area contributed by atoms with E-state index in [9.17, 15) is 14.7 Å². The molecule has 0 aromatic carbocycles. The highest BCUT2D eigenvalue weighted by molar-refractivity contribution is 5.96. The van der Waals surface area contributed by atoms with Gasteiger partial charge in [0.1, 0.15) is 0 Å². The quantitative estimate of drug-likeness (QED) is 0.753. The lowest BCUT2D eigenvalue weighted by atomic mass is 10.1. The largest absolute Gasteiger partial charge is 0.503 e. The molecule has 1 N–H and O–H groups in total. The topological polar surface area (TPSA) is 71.8 Å². The van der Waals surface area contributed by atoms with Gasteiger partial charge in [-0.15, -0.1) is 0 Å². The van der Waals surface area contributed by atoms with Crippen LogP contribution >= 0.6 is 0 Å². The molecule has 3 atom stereocenters. The van der Waals surface area contributed by atoms with Crippen molar-refractivity contribution in [1.29, 1.82) is 0 Å². The number of hydrogen-bond donors (Lipinski definition) is 1. The number of carbonyl (C=O) groups is 1. The first kappa shape index (κ1) is 12.0. The van der Waals surface area contributed by atoms with E-state index in [1.807, 2.05) is 0 Å². The lowest BCUT2D eigenvalue weighted by molar-refractivity contribution is -0.132. The number of hydrogen-bond acceptors (Lipinski definition) is 4. The third-order valence-corrected chi connectivity index (χ3v) is 4.63. The highest BCUT2D eigenvalue weighted by Crippen LogP contribution is 2.38. The van der Waals surface area contributed by atoms with Crippen LogP contribution in [-0.2, 0) is 11.3 Å². The molecule has 1 saturated heterocycles. The Morgan fingerprint density at radius 3 is 2.95 bits per heavy atom. The number of carbonyl (C=O) groups excluding carboxylic acids is 1. The molecule has 2 fully saturated rings. The highest BCUT2D eigenvalue weighted by atomic mass is 16.5. The summed E-state index contributed by atoms with van der Waals surface area (Å²) in [6.45, 7) is 2.11. The van der Waals surface area contributed by atoms with Crippen LogP contribution in [0.15, 0.2) is 11.0 Å². The van der Waals surface area contributed by atoms with Crippen LogP contribution in [0.25, 0.3) is 0 Å². The minimum absolute atomic E-state index is 0.103. The fourth-order valence-corrected chi connectivity index (χ4v) is 3.69. The molecule has 2 bridgehead atoms. The van der Waals surface area contributed by atoms with E-state index in [4.69, 9.17) is 4.74 Å². The second-order valence-electron chi connectivity index (χ2n) is 5.88. The number of fused-ring (bicyclic) bond motifs is 5. The van der Waals surface area contributed by atoms with E-state index >= 15 is 0 Å². The summed E-state index contributed by atoms with van der Waals surface area (Å²) < 4.78 is 7.60. The van der Waals surface area contributed by atoms with E-state index in [-0.39, 0.29) is 30.0 Å². The fraction of sp³-hybridized carbons (Fsp3) is 0.571. The summed E-state index contributed by atoms with van der Waals surface area (Å²) >= 11 is 0. The maximum atomic E-state index is 12.6. The second-order valence-corrected chi connectivity index (χ2v) is 5.88. The number of aryl methyl sites for hydroxylation is 1. The summed E-state index contributed by atoms with van der Waals surface area (Å²) in [7, 11) is 0. The fourth-order valence-electron chi connectivity index (χ4n) is 3.69. The van der Waals surface area contributed by atoms with Crippen LogP contribution < -0.4 is 5.43 Å². The smallest absolute Gasteiger partial charge is 0.276 e. The number of nitrogens with zero attached hydrogens (tertiary/aromatic N) is 2. The lowest BCUT2D eigenvalue weighted by Gasteiger charge is -2.44. The molecular weight excluding hydrogens is 260 g/mol. The van der Waals surface area contributed by atoms with Crippen molar-refractivity contribution < 1.29 is 14.6 Å². The zero-order chi connectivity index (χ0) is 14.0. The van der Waals surface area contributed by atoms with Gasteiger partial charge in [0.25, 0.3) is 5.91 Å². The van der Waals surface area contributed by atoms with Crippen molar-refractivity contribution in [3.05, 3.63) is 27.7 Å². The normalized spacial score (nSPS) is 31.1. The third-order valence-electron chi connectivity index (χ3n) is 4.63. The minimum Gasteiger partial charge on any atom is -0.503 e. The van der Waals surface area contributed by atoms with Crippen LogP contribution in [0.4, 0.5) is 0 Å². The number of ether oxygens (including phenoxy) is 1. The van der Waals surface area contributed by atoms with Crippen molar-refractivity contribution in [2.45, 2.75) is 51.1 Å². The minimum atomic E-state index is -0.467. The molecule has 3 aliphatic rings. The molecule has 1 aromatic rings. The van der Waals surface area contributed by atoms with Crippen molar-refractivity contribution in [1.82, 2.24) is 9.47 Å². The molecular formula is C14H16N2O4. The molecule has 1 saturated carbocycles. The van der Waals surface area contributed by atoms with Crippen LogP contribution in [0.1, 0.15) is 35.3 Å². The Morgan fingerprint density at radius 1 is 1.35 bits per heavy atom. The van der Waals surface area contributed by atoms with E-state index < -0.39 is 11.2 Å². The Bertz CT molecular complexity index is 666. The summed E-state index contributed by atoms with van der Waals surface area (Å²) in [5.41, 5.74) is 0.0716. The van der Waals surface area contributed by atoms with E-state index in [0.29, 0.717) is 12.1 Å². The molecule has 20 heavy (non-hydrogen) atoms. The number of aromatic nitrogens is 1. The molecule has 1 amide bonds. The maximum absolute atomic E-state index is 12.6. The molecule has 6 heteroatoms. The zero-order valence-corrected chi connectivity index (χ0v) is 11.2. The van der Waals surface area contributed by atoms with E-state index in [0.717, 1.165) is 19.3 Å². The van der Waals surface area contributed by atoms with Crippen LogP contribution in [-0.4, -0.2) is 38.9 Å². The van der Waals surface area contributed by atoms with Gasteiger partial charge in [-0.3, -0.25) is 9.59 Å². The molecule has 106 valence electrons. The van der Waals surface area contributed by atoms with Gasteiger partial charge in [-0.2, -0.15) is 0 Å². The van der Waals surface area contributed by atoms with Crippen LogP contribution in [0.5, 0.6) is 5.75 Å². The first-order chi connectivity index (χ1) is 9.56. The van der Waals surface area contributed by atoms with E-state index in [2.05, 4.69) is 0 Å². The number of aromatic hydroxyl groups is 1. The Morgan fingerprint density at radius 2 is 2.15 bits per heavy atom. The monoisotopic (exact) mass is 276 g/mol. The van der Waals surface area contributed by atoms with Gasteiger partial charge in [-0.1, -0.05) is 0 Å². The van der Waals surface area contributed by atoms with Gasteiger partial charge in [0.05, 0.1) is 12.6 Å². The van der Waals surface area contributed by atoms with Gasteiger partial charge in [-0.25, -0.2) is 0 Å². The summed E-state index contributed by atoms with van der Waals surface area (Å²) in [6.07, 6.45) is 4.37. The van der Waals surface area contributed by atoms with Crippen molar-refractivity contribution in [3.8, 4) is 5.75 Å². The standard InChI is InChI=1S/C14H16N2O4/c1-7-5-15-6-10-16(8-2-3-9(4-8)20-10)14(19)11(15)13(18)12(7)17/h5,8-10,18H,2-4,6H2,1H3/t8-,9+,10+/m0/s1. The van der Waals surface area contributed by atoms with Crippen LogP contribution in [0.2, 0.25) is 0 Å². The Labute approximate surface area is 115 Å². The third kappa shape index (κ3) is 1.42. The summed E-state index contributed by atoms with van der Waals surface area (Å²) in [5, 5.41) is 10.0. The highest BCUT2D eigenvalue weighted by Gasteiger charge is 2.47. The number of rotatable bonds is 0. The Kier molecular flexibility index (Phi) is 2.30. The van der Waals surface area contributed by atoms with Crippen molar-refractivity contribution in [2.24, 2.45) is 0 Å². The average molecular weight is 276 g/mol. The SMILES string of the molecule is Cc1cn2c(c(O)c1=O)C(=O)N1[C@H]3CC[C@H](C3)O[C@@H]1C2. The molecule has 3 heterocycles. The summed E-state index contributed by atoms with van der Waals surface area (Å²) in [5.74, 6) is -0.727. The number of pyridine rings is 1. The molecule has 1 aliphatic carbocycles. The van der Waals surface area contributed by atoms with Gasteiger partial charge in [0.2, 0.25) is 5.43 Å². The number of amides is 1. The van der Waals surface area contributed by atoms with Gasteiger partial charge >= 0.3 is 0 Å². The first-order valence-corrected chi connectivity index (χ1v) is 6.97. The van der Waals surface area contributed by atoms with Gasteiger partial charge in [0.15, 0.2) is 17.7 Å². The second kappa shape index (κ2) is 3.85. The summed E-state index contributed by atoms with van der Waals surface area (Å²) in [4.78, 5) is 26.2. The van der Waals surface area contributed by atoms with Crippen molar-refractivity contribution in [2.75, 3.05) is 0 Å². The molecule has 4 rings (SSSR count). The molecule has 0 radical (unpaired) electrons. The van der Waals surface area contributed by atoms with Crippen LogP contribution in [0.3, 0.4) is 0 Å². The molecule has 0 unspecified atom stereocenters. The zero-order valence-electron chi connectivity index (χ0n) is 11.2.